The maximum Gasteiger partial charge on any atom is 0.255 e. The number of nitrogens with zero attached hydrogens (tertiary/aromatic N) is 3. The summed E-state index contributed by atoms with van der Waals surface area (Å²) in [6, 6.07) is 7.60. The minimum Gasteiger partial charge on any atom is -0.342 e. The van der Waals surface area contributed by atoms with Crippen LogP contribution < -0.4 is 10.6 Å². The molecule has 4 aliphatic heterocycles. The number of likely N-dealkylation sites (tertiary alicyclic amines) is 1. The monoisotopic (exact) mass is 489 g/mol. The Balaban J connectivity index is 1.09. The molecular weight excluding hydrogens is 462 g/mol. The van der Waals surface area contributed by atoms with E-state index in [4.69, 9.17) is 4.99 Å². The first kappa shape index (κ1) is 22.2. The molecule has 2 aromatic rings. The van der Waals surface area contributed by atoms with E-state index >= 15 is 0 Å². The summed E-state index contributed by atoms with van der Waals surface area (Å²) in [4.78, 5) is 46.6. The number of hydrogen-bond donors (Lipinski definition) is 2. The number of aliphatic imine (C=N–C) groups is 1. The Labute approximate surface area is 207 Å². The van der Waals surface area contributed by atoms with Crippen molar-refractivity contribution in [3.8, 4) is 0 Å². The fourth-order valence-electron chi connectivity index (χ4n) is 5.58. The number of amidine groups is 1. The second kappa shape index (κ2) is 8.73. The third-order valence-electron chi connectivity index (χ3n) is 7.45. The first-order chi connectivity index (χ1) is 17.0. The Morgan fingerprint density at radius 2 is 1.91 bits per heavy atom. The lowest BCUT2D eigenvalue weighted by molar-refractivity contribution is -0.136. The van der Waals surface area contributed by atoms with Crippen molar-refractivity contribution in [3.05, 3.63) is 57.8 Å². The Morgan fingerprint density at radius 3 is 2.71 bits per heavy atom. The van der Waals surface area contributed by atoms with Gasteiger partial charge in [0.15, 0.2) is 0 Å². The fraction of sp³-hybridized carbons (Fsp3) is 0.385. The number of rotatable bonds is 4. The topological polar surface area (TPSA) is 94.1 Å². The van der Waals surface area contributed by atoms with E-state index in [1.165, 1.54) is 5.56 Å². The van der Waals surface area contributed by atoms with Crippen molar-refractivity contribution in [1.29, 1.82) is 0 Å². The predicted molar refractivity (Wildman–Crippen MR) is 134 cm³/mol. The molecule has 4 aliphatic rings. The summed E-state index contributed by atoms with van der Waals surface area (Å²) in [5, 5.41) is 7.77. The van der Waals surface area contributed by atoms with Crippen LogP contribution in [-0.2, 0) is 16.1 Å². The van der Waals surface area contributed by atoms with Crippen molar-refractivity contribution >= 4 is 46.3 Å². The van der Waals surface area contributed by atoms with Gasteiger partial charge in [0, 0.05) is 18.5 Å². The molecule has 1 aromatic heterocycles. The summed E-state index contributed by atoms with van der Waals surface area (Å²) < 4.78 is 0. The standard InChI is InChI=1S/C26H27N5O3S/c1-15-24-20(8-11-35-24)28-22(27-15)14-30-9-6-16(7-10-30)17-2-3-19-18(12-17)13-31(26(19)34)21-4-5-23(32)29-25(21)33/h2-3,8,11-12,16,21H,1,4-7,9-10,13-14H2,(H,27,28)(H,29,32,33). The van der Waals surface area contributed by atoms with E-state index in [9.17, 15) is 14.4 Å². The molecule has 1 aromatic carbocycles. The smallest absolute Gasteiger partial charge is 0.255 e. The molecule has 180 valence electrons. The molecule has 6 rings (SSSR count). The van der Waals surface area contributed by atoms with Gasteiger partial charge in [0.05, 0.1) is 22.8 Å². The molecule has 2 fully saturated rings. The van der Waals surface area contributed by atoms with Gasteiger partial charge in [0.25, 0.3) is 5.91 Å². The van der Waals surface area contributed by atoms with E-state index in [0.717, 1.165) is 60.1 Å². The van der Waals surface area contributed by atoms with Crippen LogP contribution in [0, 0.1) is 0 Å². The number of fused-ring (bicyclic) bond motifs is 2. The van der Waals surface area contributed by atoms with Crippen LogP contribution in [0.2, 0.25) is 0 Å². The summed E-state index contributed by atoms with van der Waals surface area (Å²) in [5.41, 5.74) is 4.83. The van der Waals surface area contributed by atoms with Crippen LogP contribution in [0.3, 0.4) is 0 Å². The molecule has 2 saturated heterocycles. The van der Waals surface area contributed by atoms with E-state index in [1.807, 2.05) is 17.5 Å². The summed E-state index contributed by atoms with van der Waals surface area (Å²) in [7, 11) is 0. The second-order valence-electron chi connectivity index (χ2n) is 9.66. The van der Waals surface area contributed by atoms with Crippen molar-refractivity contribution in [2.45, 2.75) is 44.2 Å². The lowest BCUT2D eigenvalue weighted by atomic mass is 9.88. The van der Waals surface area contributed by atoms with Gasteiger partial charge in [0.1, 0.15) is 11.9 Å². The number of nitrogens with one attached hydrogen (secondary N) is 2. The molecule has 0 spiro atoms. The predicted octanol–water partition coefficient (Wildman–Crippen LogP) is 2.99. The summed E-state index contributed by atoms with van der Waals surface area (Å²) in [5.74, 6) is 0.634. The Kier molecular flexibility index (Phi) is 5.53. The van der Waals surface area contributed by atoms with Crippen LogP contribution in [-0.4, -0.2) is 59.0 Å². The SMILES string of the molecule is C=C1NC(CN2CCC(c3ccc4c(c3)CN(C3CCC(=O)NC3=O)C4=O)CC2)=Nc2ccsc21. The molecule has 0 saturated carbocycles. The molecular formula is C26H27N5O3S. The molecule has 5 heterocycles. The molecule has 0 bridgehead atoms. The van der Waals surface area contributed by atoms with Gasteiger partial charge in [-0.25, -0.2) is 4.99 Å². The van der Waals surface area contributed by atoms with Crippen LogP contribution in [0.15, 0.2) is 41.2 Å². The van der Waals surface area contributed by atoms with E-state index in [-0.39, 0.29) is 24.1 Å². The molecule has 2 N–H and O–H groups in total. The molecule has 9 heteroatoms. The largest absolute Gasteiger partial charge is 0.342 e. The van der Waals surface area contributed by atoms with Crippen LogP contribution in [0.25, 0.3) is 5.70 Å². The average molecular weight is 490 g/mol. The normalized spacial score (nSPS) is 23.0. The number of thiophene rings is 1. The Hall–Kier alpha value is -3.30. The quantitative estimate of drug-likeness (QED) is 0.644. The van der Waals surface area contributed by atoms with Crippen LogP contribution in [0.1, 0.15) is 58.0 Å². The Bertz CT molecular complexity index is 1270. The van der Waals surface area contributed by atoms with Gasteiger partial charge in [-0.3, -0.25) is 24.6 Å². The van der Waals surface area contributed by atoms with Crippen molar-refractivity contribution < 1.29 is 14.4 Å². The second-order valence-corrected chi connectivity index (χ2v) is 10.6. The molecule has 0 radical (unpaired) electrons. The number of imide groups is 1. The van der Waals surface area contributed by atoms with E-state index in [2.05, 4.69) is 34.2 Å². The number of piperidine rings is 2. The maximum atomic E-state index is 13.0. The minimum absolute atomic E-state index is 0.119. The molecule has 8 nitrogen and oxygen atoms in total. The number of amides is 3. The molecule has 35 heavy (non-hydrogen) atoms. The van der Waals surface area contributed by atoms with Gasteiger partial charge >= 0.3 is 0 Å². The van der Waals surface area contributed by atoms with Crippen molar-refractivity contribution in [3.63, 3.8) is 0 Å². The lowest BCUT2D eigenvalue weighted by Gasteiger charge is -2.33. The average Bonchev–Trinajstić information content (AvgIpc) is 3.44. The molecule has 0 aliphatic carbocycles. The van der Waals surface area contributed by atoms with Gasteiger partial charge in [0.2, 0.25) is 11.8 Å². The van der Waals surface area contributed by atoms with Gasteiger partial charge < -0.3 is 10.2 Å². The Morgan fingerprint density at radius 1 is 1.09 bits per heavy atom. The highest BCUT2D eigenvalue weighted by Crippen LogP contribution is 2.35. The van der Waals surface area contributed by atoms with Crippen molar-refractivity contribution in [1.82, 2.24) is 20.4 Å². The summed E-state index contributed by atoms with van der Waals surface area (Å²) in [6.07, 6.45) is 2.74. The van der Waals surface area contributed by atoms with Crippen molar-refractivity contribution in [2.24, 2.45) is 4.99 Å². The number of carbonyl (C=O) groups excluding carboxylic acids is 3. The van der Waals surface area contributed by atoms with Crippen LogP contribution in [0.5, 0.6) is 0 Å². The first-order valence-electron chi connectivity index (χ1n) is 12.1. The third-order valence-corrected chi connectivity index (χ3v) is 8.41. The summed E-state index contributed by atoms with van der Waals surface area (Å²) >= 11 is 1.66. The highest BCUT2D eigenvalue weighted by Gasteiger charge is 2.39. The van der Waals surface area contributed by atoms with E-state index in [0.29, 0.717) is 24.4 Å². The van der Waals surface area contributed by atoms with Crippen molar-refractivity contribution in [2.75, 3.05) is 19.6 Å². The van der Waals surface area contributed by atoms with Gasteiger partial charge in [-0.15, -0.1) is 11.3 Å². The minimum atomic E-state index is -0.572. The van der Waals surface area contributed by atoms with Crippen LogP contribution >= 0.6 is 11.3 Å². The van der Waals surface area contributed by atoms with Gasteiger partial charge in [-0.1, -0.05) is 18.7 Å². The zero-order valence-electron chi connectivity index (χ0n) is 19.4. The van der Waals surface area contributed by atoms with Gasteiger partial charge in [-0.05, 0) is 66.9 Å². The van der Waals surface area contributed by atoms with Gasteiger partial charge in [-0.2, -0.15) is 0 Å². The number of hydrogen-bond acceptors (Lipinski definition) is 7. The van der Waals surface area contributed by atoms with Crippen LogP contribution in [0.4, 0.5) is 5.69 Å². The fourth-order valence-corrected chi connectivity index (χ4v) is 6.34. The zero-order chi connectivity index (χ0) is 24.1. The third kappa shape index (κ3) is 4.08. The maximum absolute atomic E-state index is 13.0. The highest BCUT2D eigenvalue weighted by molar-refractivity contribution is 7.11. The number of carbonyl (C=O) groups is 3. The molecule has 3 amide bonds. The molecule has 1 unspecified atom stereocenters. The first-order valence-corrected chi connectivity index (χ1v) is 13.0. The van der Waals surface area contributed by atoms with E-state index in [1.54, 1.807) is 16.2 Å². The number of benzene rings is 1. The summed E-state index contributed by atoms with van der Waals surface area (Å²) in [6.45, 7) is 7.29. The lowest BCUT2D eigenvalue weighted by Crippen LogP contribution is -2.52. The highest BCUT2D eigenvalue weighted by atomic mass is 32.1. The zero-order valence-corrected chi connectivity index (χ0v) is 20.2. The molecule has 1 atom stereocenters. The van der Waals surface area contributed by atoms with E-state index < -0.39 is 6.04 Å².